The Bertz CT molecular complexity index is 208. The third-order valence-electron chi connectivity index (χ3n) is 1.16. The van der Waals surface area contributed by atoms with Gasteiger partial charge >= 0.3 is 0 Å². The Labute approximate surface area is 118 Å². The average molecular weight is 320 g/mol. The number of aliphatic hydroxyl groups excluding tert-OH is 3. The molecule has 0 bridgehead atoms. The van der Waals surface area contributed by atoms with Gasteiger partial charge in [-0.1, -0.05) is 0 Å². The molecule has 0 rings (SSSR count). The molecular formula is C9H25N2O8P-2. The molecule has 0 aromatic heterocycles. The maximum atomic E-state index is 10.0. The minimum Gasteiger partial charge on any atom is -0.790 e. The lowest BCUT2D eigenvalue weighted by Gasteiger charge is -2.31. The topological polar surface area (TPSA) is 194 Å². The third kappa shape index (κ3) is 36.1. The Morgan fingerprint density at radius 2 is 1.50 bits per heavy atom. The third-order valence-corrected chi connectivity index (χ3v) is 1.77. The predicted octanol–water partition coefficient (Wildman–Crippen LogP) is -3.90. The van der Waals surface area contributed by atoms with E-state index in [1.807, 2.05) is 0 Å². The summed E-state index contributed by atoms with van der Waals surface area (Å²) in [6.45, 7) is 2.24. The van der Waals surface area contributed by atoms with Crippen molar-refractivity contribution < 1.29 is 38.9 Å². The van der Waals surface area contributed by atoms with Gasteiger partial charge in [0, 0.05) is 13.1 Å². The first-order chi connectivity index (χ1) is 9.28. The number of aliphatic hydroxyl groups is 3. The highest BCUT2D eigenvalue weighted by atomic mass is 31.2. The molecule has 0 amide bonds. The van der Waals surface area contributed by atoms with Crippen molar-refractivity contribution in [2.45, 2.75) is 13.0 Å². The van der Waals surface area contributed by atoms with E-state index in [9.17, 15) is 14.4 Å². The van der Waals surface area contributed by atoms with Crippen molar-refractivity contribution in [3.05, 3.63) is 0 Å². The number of nitrogens with two attached hydrogens (primary N) is 2. The molecule has 1 atom stereocenters. The van der Waals surface area contributed by atoms with Crippen LogP contribution in [0.4, 0.5) is 0 Å². The summed E-state index contributed by atoms with van der Waals surface area (Å²) in [5, 5.41) is 23.8. The van der Waals surface area contributed by atoms with Gasteiger partial charge in [0.05, 0.1) is 47.0 Å². The van der Waals surface area contributed by atoms with Gasteiger partial charge < -0.3 is 50.4 Å². The van der Waals surface area contributed by atoms with Crippen molar-refractivity contribution in [3.8, 4) is 0 Å². The highest BCUT2D eigenvalue weighted by Gasteiger charge is 2.03. The van der Waals surface area contributed by atoms with Crippen LogP contribution in [0.2, 0.25) is 0 Å². The van der Waals surface area contributed by atoms with E-state index in [1.165, 1.54) is 6.92 Å². The first-order valence-electron chi connectivity index (χ1n) is 5.79. The smallest absolute Gasteiger partial charge is 0.0832 e. The van der Waals surface area contributed by atoms with Crippen LogP contribution < -0.4 is 21.3 Å². The van der Waals surface area contributed by atoms with Gasteiger partial charge in [0.1, 0.15) is 0 Å². The number of ether oxygens (including phenoxy) is 1. The van der Waals surface area contributed by atoms with E-state index >= 15 is 0 Å². The molecule has 0 radical (unpaired) electrons. The second-order valence-corrected chi connectivity index (χ2v) is 4.29. The zero-order valence-corrected chi connectivity index (χ0v) is 12.4. The summed E-state index contributed by atoms with van der Waals surface area (Å²) in [6, 6.07) is 0. The van der Waals surface area contributed by atoms with Gasteiger partial charge in [-0.25, -0.2) is 0 Å². The summed E-state index contributed by atoms with van der Waals surface area (Å²) in [5.74, 6) is 0. The Morgan fingerprint density at radius 3 is 1.75 bits per heavy atom. The van der Waals surface area contributed by atoms with Crippen LogP contribution in [-0.4, -0.2) is 67.5 Å². The maximum Gasteiger partial charge on any atom is 0.0832 e. The van der Waals surface area contributed by atoms with Crippen LogP contribution in [0.3, 0.4) is 0 Å². The highest BCUT2D eigenvalue weighted by Crippen LogP contribution is 2.26. The number of phosphoric acid groups is 1. The normalized spacial score (nSPS) is 11.8. The summed E-state index contributed by atoms with van der Waals surface area (Å²) < 4.78 is 18.8. The fourth-order valence-corrected chi connectivity index (χ4v) is 1.07. The van der Waals surface area contributed by atoms with E-state index in [1.54, 1.807) is 0 Å². The molecule has 0 aliphatic heterocycles. The number of hydrogen-bond acceptors (Lipinski definition) is 10. The van der Waals surface area contributed by atoms with Crippen molar-refractivity contribution in [1.82, 2.24) is 0 Å². The Balaban J connectivity index is -0.000000297. The van der Waals surface area contributed by atoms with Gasteiger partial charge in [-0.05, 0) is 6.92 Å². The van der Waals surface area contributed by atoms with E-state index in [-0.39, 0.29) is 33.0 Å². The van der Waals surface area contributed by atoms with E-state index < -0.39 is 13.9 Å². The van der Waals surface area contributed by atoms with Crippen molar-refractivity contribution in [3.63, 3.8) is 0 Å². The van der Waals surface area contributed by atoms with E-state index in [0.717, 1.165) is 0 Å². The van der Waals surface area contributed by atoms with E-state index in [0.29, 0.717) is 13.1 Å². The molecule has 20 heavy (non-hydrogen) atoms. The molecule has 7 N–H and O–H groups in total. The number of hydrogen-bond donors (Lipinski definition) is 5. The van der Waals surface area contributed by atoms with Crippen LogP contribution in [0.5, 0.6) is 0 Å². The summed E-state index contributed by atoms with van der Waals surface area (Å²) >= 11 is 0. The van der Waals surface area contributed by atoms with Crippen molar-refractivity contribution >= 4 is 7.82 Å². The summed E-state index contributed by atoms with van der Waals surface area (Å²) in [7, 11) is -4.91. The van der Waals surface area contributed by atoms with E-state index in [4.69, 9.17) is 31.5 Å². The van der Waals surface area contributed by atoms with E-state index in [2.05, 4.69) is 4.52 Å². The summed E-state index contributed by atoms with van der Waals surface area (Å²) in [6.07, 6.45) is -0.808. The zero-order chi connectivity index (χ0) is 16.4. The molecule has 0 aromatic rings. The second kappa shape index (κ2) is 18.9. The lowest BCUT2D eigenvalue weighted by molar-refractivity contribution is -0.345. The molecule has 11 heteroatoms. The minimum absolute atomic E-state index is 0.0327. The molecule has 0 spiro atoms. The zero-order valence-electron chi connectivity index (χ0n) is 11.5. The molecule has 0 fully saturated rings. The molecule has 0 heterocycles. The standard InChI is InChI=1S/C5H13O6P.2C2H7NO/c1-5(4-10-3-2-6)11-12(7,8)9;2*3-1-2-4/h5-6H,2-4H2,1H3,(H2,7,8,9);2*4H,1-3H2/p-2. The molecule has 10 nitrogen and oxygen atoms in total. The molecule has 0 aromatic carbocycles. The Hall–Kier alpha value is -0.130. The first kappa shape index (κ1) is 24.9. The Kier molecular flexibility index (Phi) is 23.5. The van der Waals surface area contributed by atoms with Crippen LogP contribution >= 0.6 is 7.82 Å². The van der Waals surface area contributed by atoms with Crippen molar-refractivity contribution in [1.29, 1.82) is 0 Å². The predicted molar refractivity (Wildman–Crippen MR) is 68.3 cm³/mol. The van der Waals surface area contributed by atoms with Crippen LogP contribution in [0.1, 0.15) is 6.92 Å². The van der Waals surface area contributed by atoms with Crippen LogP contribution in [0, 0.1) is 0 Å². The molecule has 126 valence electrons. The monoisotopic (exact) mass is 320 g/mol. The van der Waals surface area contributed by atoms with Crippen LogP contribution in [0.15, 0.2) is 0 Å². The molecule has 0 aliphatic carbocycles. The van der Waals surface area contributed by atoms with Gasteiger partial charge in [0.2, 0.25) is 0 Å². The lowest BCUT2D eigenvalue weighted by atomic mass is 10.4. The van der Waals surface area contributed by atoms with Crippen molar-refractivity contribution in [2.24, 2.45) is 11.5 Å². The lowest BCUT2D eigenvalue weighted by Crippen LogP contribution is -2.24. The molecule has 0 saturated heterocycles. The SMILES string of the molecule is CC(COCCO)OP(=O)([O-])[O-].NCCO.NCCO. The van der Waals surface area contributed by atoms with Gasteiger partial charge in [-0.3, -0.25) is 0 Å². The van der Waals surface area contributed by atoms with Crippen molar-refractivity contribution in [2.75, 3.05) is 46.1 Å². The molecule has 0 aliphatic rings. The maximum absolute atomic E-state index is 10.0. The van der Waals surface area contributed by atoms with Gasteiger partial charge in [0.15, 0.2) is 0 Å². The summed E-state index contributed by atoms with van der Waals surface area (Å²) in [4.78, 5) is 20.0. The number of phosphoric ester groups is 1. The van der Waals surface area contributed by atoms with Gasteiger partial charge in [-0.2, -0.15) is 0 Å². The molecule has 0 saturated carbocycles. The highest BCUT2D eigenvalue weighted by molar-refractivity contribution is 7.43. The molecular weight excluding hydrogens is 295 g/mol. The first-order valence-corrected chi connectivity index (χ1v) is 7.25. The largest absolute Gasteiger partial charge is 0.790 e. The molecule has 1 unspecified atom stereocenters. The average Bonchev–Trinajstić information content (AvgIpc) is 2.37. The number of rotatable bonds is 8. The van der Waals surface area contributed by atoms with Crippen LogP contribution in [0.25, 0.3) is 0 Å². The minimum atomic E-state index is -4.91. The quantitative estimate of drug-likeness (QED) is 0.218. The van der Waals surface area contributed by atoms with Gasteiger partial charge in [-0.15, -0.1) is 0 Å². The second-order valence-electron chi connectivity index (χ2n) is 3.19. The fraction of sp³-hybridized carbons (Fsp3) is 1.00. The fourth-order valence-electron chi connectivity index (χ4n) is 0.565. The van der Waals surface area contributed by atoms with Gasteiger partial charge in [0.25, 0.3) is 0 Å². The summed E-state index contributed by atoms with van der Waals surface area (Å²) in [5.41, 5.74) is 9.56. The Morgan fingerprint density at radius 1 is 1.10 bits per heavy atom. The van der Waals surface area contributed by atoms with Crippen LogP contribution in [-0.2, 0) is 13.8 Å².